The Balaban J connectivity index is 1.84. The van der Waals surface area contributed by atoms with Crippen molar-refractivity contribution in [3.8, 4) is 0 Å². The minimum atomic E-state index is -0.705. The zero-order valence-electron chi connectivity index (χ0n) is 13.1. The van der Waals surface area contributed by atoms with Gasteiger partial charge in [0.05, 0.1) is 0 Å². The van der Waals surface area contributed by atoms with E-state index in [9.17, 15) is 4.21 Å². The molecule has 1 N–H and O–H groups in total. The summed E-state index contributed by atoms with van der Waals surface area (Å²) in [6, 6.07) is 11.4. The summed E-state index contributed by atoms with van der Waals surface area (Å²) >= 11 is 0. The SMILES string of the molecule is C[C@H](CCN[C@@H]1C[C@@H](c2ccccc2)C1(C)C)[S@@](C)=O. The van der Waals surface area contributed by atoms with Gasteiger partial charge in [-0.15, -0.1) is 0 Å². The molecule has 0 heterocycles. The van der Waals surface area contributed by atoms with E-state index >= 15 is 0 Å². The molecule has 0 bridgehead atoms. The van der Waals surface area contributed by atoms with E-state index in [1.54, 1.807) is 6.26 Å². The third-order valence-electron chi connectivity index (χ3n) is 4.98. The summed E-state index contributed by atoms with van der Waals surface area (Å²) in [5.74, 6) is 0.652. The Bertz CT molecular complexity index is 457. The van der Waals surface area contributed by atoms with Crippen LogP contribution in [0, 0.1) is 5.41 Å². The molecule has 1 aromatic carbocycles. The van der Waals surface area contributed by atoms with Gasteiger partial charge in [0, 0.05) is 28.3 Å². The highest BCUT2D eigenvalue weighted by Gasteiger charge is 2.48. The van der Waals surface area contributed by atoms with Crippen LogP contribution in [0.4, 0.5) is 0 Å². The van der Waals surface area contributed by atoms with E-state index in [1.165, 1.54) is 12.0 Å². The van der Waals surface area contributed by atoms with Crippen molar-refractivity contribution < 1.29 is 4.21 Å². The summed E-state index contributed by atoms with van der Waals surface area (Å²) in [5.41, 5.74) is 1.76. The molecule has 0 aliphatic heterocycles. The highest BCUT2D eigenvalue weighted by atomic mass is 32.2. The Kier molecular flexibility index (Phi) is 5.03. The molecule has 1 fully saturated rings. The van der Waals surface area contributed by atoms with Gasteiger partial charge in [0.15, 0.2) is 0 Å². The van der Waals surface area contributed by atoms with Gasteiger partial charge in [0.1, 0.15) is 0 Å². The van der Waals surface area contributed by atoms with Gasteiger partial charge in [-0.05, 0) is 36.3 Å². The predicted octanol–water partition coefficient (Wildman–Crippen LogP) is 3.32. The van der Waals surface area contributed by atoms with Gasteiger partial charge in [-0.1, -0.05) is 51.1 Å². The van der Waals surface area contributed by atoms with Gasteiger partial charge in [-0.3, -0.25) is 4.21 Å². The second-order valence-electron chi connectivity index (χ2n) is 6.62. The minimum absolute atomic E-state index is 0.288. The first-order valence-corrected chi connectivity index (χ1v) is 9.15. The first-order valence-electron chi connectivity index (χ1n) is 7.53. The third kappa shape index (κ3) is 3.32. The maximum Gasteiger partial charge on any atom is 0.0329 e. The first kappa shape index (κ1) is 15.7. The van der Waals surface area contributed by atoms with Crippen molar-refractivity contribution in [2.24, 2.45) is 5.41 Å². The monoisotopic (exact) mass is 293 g/mol. The molecule has 2 nitrogen and oxygen atoms in total. The van der Waals surface area contributed by atoms with Crippen molar-refractivity contribution in [1.82, 2.24) is 5.32 Å². The molecule has 0 radical (unpaired) electrons. The van der Waals surface area contributed by atoms with Crippen molar-refractivity contribution in [1.29, 1.82) is 0 Å². The van der Waals surface area contributed by atoms with Crippen LogP contribution >= 0.6 is 0 Å². The van der Waals surface area contributed by atoms with Crippen LogP contribution in [0.5, 0.6) is 0 Å². The highest BCUT2D eigenvalue weighted by Crippen LogP contribution is 2.52. The van der Waals surface area contributed by atoms with Crippen molar-refractivity contribution in [3.63, 3.8) is 0 Å². The smallest absolute Gasteiger partial charge is 0.0329 e. The average molecular weight is 293 g/mol. The fourth-order valence-corrected chi connectivity index (χ4v) is 3.60. The van der Waals surface area contributed by atoms with Crippen molar-refractivity contribution in [2.75, 3.05) is 12.8 Å². The molecule has 1 aromatic rings. The number of rotatable bonds is 6. The van der Waals surface area contributed by atoms with E-state index < -0.39 is 10.8 Å². The molecule has 0 amide bonds. The van der Waals surface area contributed by atoms with Crippen LogP contribution in [-0.4, -0.2) is 28.3 Å². The molecule has 2 rings (SSSR count). The lowest BCUT2D eigenvalue weighted by atomic mass is 9.56. The van der Waals surface area contributed by atoms with E-state index in [0.29, 0.717) is 17.4 Å². The lowest BCUT2D eigenvalue weighted by molar-refractivity contribution is 0.0692. The lowest BCUT2D eigenvalue weighted by Gasteiger charge is -2.53. The second kappa shape index (κ2) is 6.40. The van der Waals surface area contributed by atoms with E-state index in [0.717, 1.165) is 13.0 Å². The standard InChI is InChI=1S/C17H27NOS/c1-13(20(4)19)10-11-18-16-12-15(17(16,2)3)14-8-6-5-7-9-14/h5-9,13,15-16,18H,10-12H2,1-4H3/t13-,15+,16-,20-/m1/s1. The topological polar surface area (TPSA) is 29.1 Å². The van der Waals surface area contributed by atoms with Crippen LogP contribution in [0.15, 0.2) is 30.3 Å². The molecular formula is C17H27NOS. The maximum atomic E-state index is 11.4. The Hall–Kier alpha value is -0.670. The Labute approximate surface area is 125 Å². The molecule has 4 atom stereocenters. The first-order chi connectivity index (χ1) is 9.43. The Morgan fingerprint density at radius 3 is 2.55 bits per heavy atom. The van der Waals surface area contributed by atoms with Gasteiger partial charge in [0.2, 0.25) is 0 Å². The summed E-state index contributed by atoms with van der Waals surface area (Å²) in [6.45, 7) is 7.74. The van der Waals surface area contributed by atoms with E-state index in [-0.39, 0.29) is 5.25 Å². The molecular weight excluding hydrogens is 266 g/mol. The molecule has 20 heavy (non-hydrogen) atoms. The van der Waals surface area contributed by atoms with Crippen LogP contribution in [0.2, 0.25) is 0 Å². The lowest BCUT2D eigenvalue weighted by Crippen LogP contribution is -2.55. The van der Waals surface area contributed by atoms with Gasteiger partial charge in [-0.2, -0.15) is 0 Å². The third-order valence-corrected chi connectivity index (χ3v) is 6.35. The molecule has 0 aromatic heterocycles. The molecule has 0 spiro atoms. The average Bonchev–Trinajstić information content (AvgIpc) is 2.42. The molecule has 0 unspecified atom stereocenters. The molecule has 3 heteroatoms. The summed E-state index contributed by atoms with van der Waals surface area (Å²) < 4.78 is 11.4. The molecule has 1 saturated carbocycles. The van der Waals surface area contributed by atoms with E-state index in [4.69, 9.17) is 0 Å². The van der Waals surface area contributed by atoms with Crippen LogP contribution < -0.4 is 5.32 Å². The van der Waals surface area contributed by atoms with Gasteiger partial charge in [0.25, 0.3) is 0 Å². The second-order valence-corrected chi connectivity index (χ2v) is 8.43. The van der Waals surface area contributed by atoms with Gasteiger partial charge >= 0.3 is 0 Å². The normalized spacial score (nSPS) is 27.6. The number of hydrogen-bond donors (Lipinski definition) is 1. The number of hydrogen-bond acceptors (Lipinski definition) is 2. The highest BCUT2D eigenvalue weighted by molar-refractivity contribution is 7.84. The molecule has 1 aliphatic carbocycles. The zero-order chi connectivity index (χ0) is 14.8. The van der Waals surface area contributed by atoms with Crippen molar-refractivity contribution in [2.45, 2.75) is 50.8 Å². The minimum Gasteiger partial charge on any atom is -0.313 e. The Morgan fingerprint density at radius 1 is 1.35 bits per heavy atom. The number of benzene rings is 1. The summed E-state index contributed by atoms with van der Waals surface area (Å²) in [7, 11) is -0.705. The van der Waals surface area contributed by atoms with Crippen LogP contribution in [-0.2, 0) is 10.8 Å². The molecule has 0 saturated heterocycles. The van der Waals surface area contributed by atoms with Crippen LogP contribution in [0.1, 0.15) is 45.1 Å². The van der Waals surface area contributed by atoms with E-state index in [2.05, 4.69) is 56.4 Å². The number of nitrogens with one attached hydrogen (secondary N) is 1. The maximum absolute atomic E-state index is 11.4. The molecule has 1 aliphatic rings. The van der Waals surface area contributed by atoms with Crippen molar-refractivity contribution >= 4 is 10.8 Å². The zero-order valence-corrected chi connectivity index (χ0v) is 13.9. The van der Waals surface area contributed by atoms with Gasteiger partial charge < -0.3 is 5.32 Å². The van der Waals surface area contributed by atoms with Crippen molar-refractivity contribution in [3.05, 3.63) is 35.9 Å². The van der Waals surface area contributed by atoms with Gasteiger partial charge in [-0.25, -0.2) is 0 Å². The predicted molar refractivity (Wildman–Crippen MR) is 87.5 cm³/mol. The Morgan fingerprint density at radius 2 is 2.00 bits per heavy atom. The summed E-state index contributed by atoms with van der Waals surface area (Å²) in [6.07, 6.45) is 4.00. The van der Waals surface area contributed by atoms with E-state index in [1.807, 2.05) is 0 Å². The fourth-order valence-electron chi connectivity index (χ4n) is 3.15. The molecule has 112 valence electrons. The fraction of sp³-hybridized carbons (Fsp3) is 0.647. The summed E-state index contributed by atoms with van der Waals surface area (Å²) in [5, 5.41) is 3.95. The summed E-state index contributed by atoms with van der Waals surface area (Å²) in [4.78, 5) is 0. The van der Waals surface area contributed by atoms with Crippen LogP contribution in [0.3, 0.4) is 0 Å². The van der Waals surface area contributed by atoms with Crippen LogP contribution in [0.25, 0.3) is 0 Å². The largest absolute Gasteiger partial charge is 0.313 e. The quantitative estimate of drug-likeness (QED) is 0.872.